The van der Waals surface area contributed by atoms with Gasteiger partial charge in [-0.1, -0.05) is 42.5 Å². The maximum Gasteiger partial charge on any atom is 0.0921 e. The summed E-state index contributed by atoms with van der Waals surface area (Å²) in [5, 5.41) is 10.3. The Morgan fingerprint density at radius 2 is 2.18 bits per heavy atom. The molecule has 1 saturated carbocycles. The molecule has 1 aliphatic heterocycles. The van der Waals surface area contributed by atoms with E-state index in [9.17, 15) is 5.11 Å². The van der Waals surface area contributed by atoms with Gasteiger partial charge in [-0.25, -0.2) is 0 Å². The van der Waals surface area contributed by atoms with Gasteiger partial charge in [0.25, 0.3) is 0 Å². The molecule has 1 heterocycles. The van der Waals surface area contributed by atoms with E-state index in [2.05, 4.69) is 24.3 Å². The van der Waals surface area contributed by atoms with Crippen LogP contribution in [0.25, 0.3) is 0 Å². The van der Waals surface area contributed by atoms with E-state index in [1.807, 2.05) is 25.1 Å². The molecule has 0 aromatic heterocycles. The Kier molecular flexibility index (Phi) is 4.97. The lowest BCUT2D eigenvalue weighted by molar-refractivity contribution is -0.0801. The summed E-state index contributed by atoms with van der Waals surface area (Å²) >= 11 is 0. The second kappa shape index (κ2) is 6.95. The summed E-state index contributed by atoms with van der Waals surface area (Å²) in [7, 11) is 0. The van der Waals surface area contributed by atoms with Gasteiger partial charge in [-0.15, -0.1) is 0 Å². The fourth-order valence-electron chi connectivity index (χ4n) is 3.82. The van der Waals surface area contributed by atoms with Gasteiger partial charge in [0.15, 0.2) is 0 Å². The van der Waals surface area contributed by atoms with Crippen molar-refractivity contribution in [1.82, 2.24) is 0 Å². The van der Waals surface area contributed by atoms with E-state index in [0.717, 1.165) is 25.7 Å². The molecule has 1 aliphatic carbocycles. The minimum atomic E-state index is -0.385. The van der Waals surface area contributed by atoms with Crippen molar-refractivity contribution in [2.45, 2.75) is 57.0 Å². The zero-order chi connectivity index (χ0) is 15.4. The van der Waals surface area contributed by atoms with E-state index in [-0.39, 0.29) is 23.7 Å². The van der Waals surface area contributed by atoms with E-state index in [1.54, 1.807) is 0 Å². The fraction of sp³-hybridized carbons (Fsp3) is 0.579. The van der Waals surface area contributed by atoms with Gasteiger partial charge in [-0.3, -0.25) is 0 Å². The number of hydrogen-bond donors (Lipinski definition) is 1. The first-order chi connectivity index (χ1) is 10.7. The summed E-state index contributed by atoms with van der Waals surface area (Å²) in [5.74, 6) is 0.106. The molecule has 22 heavy (non-hydrogen) atoms. The van der Waals surface area contributed by atoms with E-state index >= 15 is 0 Å². The van der Waals surface area contributed by atoms with Crippen molar-refractivity contribution in [3.05, 3.63) is 48.0 Å². The molecular weight excluding hydrogens is 276 g/mol. The van der Waals surface area contributed by atoms with Crippen LogP contribution >= 0.6 is 0 Å². The van der Waals surface area contributed by atoms with Crippen LogP contribution in [0.4, 0.5) is 0 Å². The molecule has 0 amide bonds. The van der Waals surface area contributed by atoms with Gasteiger partial charge in [0.05, 0.1) is 31.0 Å². The van der Waals surface area contributed by atoms with Crippen LogP contribution < -0.4 is 0 Å². The van der Waals surface area contributed by atoms with Gasteiger partial charge in [-0.05, 0) is 38.2 Å². The van der Waals surface area contributed by atoms with Crippen LogP contribution in [-0.4, -0.2) is 29.5 Å². The third kappa shape index (κ3) is 3.43. The fourth-order valence-corrected chi connectivity index (χ4v) is 3.82. The molecule has 0 radical (unpaired) electrons. The number of hydrogen-bond acceptors (Lipinski definition) is 3. The molecule has 3 rings (SSSR count). The van der Waals surface area contributed by atoms with E-state index < -0.39 is 0 Å². The molecule has 120 valence electrons. The molecule has 1 aromatic carbocycles. The van der Waals surface area contributed by atoms with Crippen LogP contribution in [-0.2, 0) is 16.1 Å². The number of ether oxygens (including phenoxy) is 2. The summed E-state index contributed by atoms with van der Waals surface area (Å²) in [4.78, 5) is 0. The average molecular weight is 302 g/mol. The predicted molar refractivity (Wildman–Crippen MR) is 86.5 cm³/mol. The number of aliphatic hydroxyl groups excluding tert-OH is 1. The quantitative estimate of drug-likeness (QED) is 0.866. The first-order valence-corrected chi connectivity index (χ1v) is 8.35. The first-order valence-electron chi connectivity index (χ1n) is 8.35. The SMILES string of the molecule is C[C@@H](O)[C@H]1C[C@@H](OCc2ccccc2)CCC[C@]12C=CCO2. The average Bonchev–Trinajstić information content (AvgIpc) is 2.91. The van der Waals surface area contributed by atoms with E-state index in [4.69, 9.17) is 9.47 Å². The number of aliphatic hydroxyl groups is 1. The van der Waals surface area contributed by atoms with Crippen molar-refractivity contribution in [2.75, 3.05) is 6.61 Å². The van der Waals surface area contributed by atoms with Crippen LogP contribution in [0.2, 0.25) is 0 Å². The molecule has 3 nitrogen and oxygen atoms in total. The first kappa shape index (κ1) is 15.7. The summed E-state index contributed by atoms with van der Waals surface area (Å²) in [6.45, 7) is 3.18. The highest BCUT2D eigenvalue weighted by Gasteiger charge is 2.44. The van der Waals surface area contributed by atoms with Crippen LogP contribution in [0.15, 0.2) is 42.5 Å². The Labute approximate surface area is 132 Å². The predicted octanol–water partition coefficient (Wildman–Crippen LogP) is 3.47. The lowest BCUT2D eigenvalue weighted by atomic mass is 9.80. The summed E-state index contributed by atoms with van der Waals surface area (Å²) < 4.78 is 12.2. The van der Waals surface area contributed by atoms with Crippen molar-refractivity contribution < 1.29 is 14.6 Å². The third-order valence-corrected chi connectivity index (χ3v) is 5.00. The maximum atomic E-state index is 10.3. The highest BCUT2D eigenvalue weighted by Crippen LogP contribution is 2.41. The Morgan fingerprint density at radius 1 is 1.36 bits per heavy atom. The lowest BCUT2D eigenvalue weighted by Crippen LogP contribution is -2.42. The Hall–Kier alpha value is -1.16. The third-order valence-electron chi connectivity index (χ3n) is 5.00. The van der Waals surface area contributed by atoms with Gasteiger partial charge >= 0.3 is 0 Å². The van der Waals surface area contributed by atoms with Gasteiger partial charge in [0.1, 0.15) is 0 Å². The molecule has 1 fully saturated rings. The zero-order valence-corrected chi connectivity index (χ0v) is 13.3. The van der Waals surface area contributed by atoms with Crippen molar-refractivity contribution in [2.24, 2.45) is 5.92 Å². The van der Waals surface area contributed by atoms with Crippen LogP contribution in [0.1, 0.15) is 38.2 Å². The second-order valence-corrected chi connectivity index (χ2v) is 6.56. The molecule has 1 aromatic rings. The molecule has 2 aliphatic rings. The maximum absolute atomic E-state index is 10.3. The minimum Gasteiger partial charge on any atom is -0.393 e. The summed E-state index contributed by atoms with van der Waals surface area (Å²) in [5.41, 5.74) is 0.922. The normalized spacial score (nSPS) is 33.0. The van der Waals surface area contributed by atoms with Gasteiger partial charge < -0.3 is 14.6 Å². The Balaban J connectivity index is 1.65. The van der Waals surface area contributed by atoms with E-state index in [0.29, 0.717) is 13.2 Å². The standard InChI is InChI=1S/C19H26O3/c1-15(20)18-13-17(21-14-16-7-3-2-4-8-16)9-5-10-19(18)11-6-12-22-19/h2-4,6-8,11,15,17-18,20H,5,9-10,12-14H2,1H3/t15-,17+,18-,19+/m1/s1. The van der Waals surface area contributed by atoms with Crippen molar-refractivity contribution in [3.63, 3.8) is 0 Å². The molecule has 4 atom stereocenters. The Morgan fingerprint density at radius 3 is 2.86 bits per heavy atom. The van der Waals surface area contributed by atoms with Crippen LogP contribution in [0.3, 0.4) is 0 Å². The second-order valence-electron chi connectivity index (χ2n) is 6.56. The summed E-state index contributed by atoms with van der Waals surface area (Å²) in [6, 6.07) is 10.3. The molecule has 0 unspecified atom stereocenters. The largest absolute Gasteiger partial charge is 0.393 e. The van der Waals surface area contributed by atoms with Crippen LogP contribution in [0.5, 0.6) is 0 Å². The monoisotopic (exact) mass is 302 g/mol. The summed E-state index contributed by atoms with van der Waals surface area (Å²) in [6.07, 6.45) is 8.01. The van der Waals surface area contributed by atoms with Crippen LogP contribution in [0, 0.1) is 5.92 Å². The van der Waals surface area contributed by atoms with Crippen molar-refractivity contribution in [1.29, 1.82) is 0 Å². The smallest absolute Gasteiger partial charge is 0.0921 e. The molecule has 0 saturated heterocycles. The van der Waals surface area contributed by atoms with Gasteiger partial charge in [0, 0.05) is 5.92 Å². The lowest BCUT2D eigenvalue weighted by Gasteiger charge is -2.37. The van der Waals surface area contributed by atoms with Crippen molar-refractivity contribution in [3.8, 4) is 0 Å². The number of rotatable bonds is 4. The molecular formula is C19H26O3. The minimum absolute atomic E-state index is 0.106. The van der Waals surface area contributed by atoms with E-state index in [1.165, 1.54) is 5.56 Å². The van der Waals surface area contributed by atoms with Gasteiger partial charge in [0.2, 0.25) is 0 Å². The molecule has 0 bridgehead atoms. The molecule has 1 N–H and O–H groups in total. The zero-order valence-electron chi connectivity index (χ0n) is 13.3. The number of benzene rings is 1. The Bertz CT molecular complexity index is 497. The van der Waals surface area contributed by atoms with Gasteiger partial charge in [-0.2, -0.15) is 0 Å². The van der Waals surface area contributed by atoms with Crippen molar-refractivity contribution >= 4 is 0 Å². The molecule has 1 spiro atoms. The highest BCUT2D eigenvalue weighted by molar-refractivity contribution is 5.14. The topological polar surface area (TPSA) is 38.7 Å². The highest BCUT2D eigenvalue weighted by atomic mass is 16.5. The molecule has 3 heteroatoms.